The van der Waals surface area contributed by atoms with Crippen LogP contribution in [0.25, 0.3) is 10.2 Å². The number of anilines is 1. The van der Waals surface area contributed by atoms with Crippen molar-refractivity contribution in [3.05, 3.63) is 96.1 Å². The molecule has 1 heterocycles. The second-order valence-electron chi connectivity index (χ2n) is 10.6. The van der Waals surface area contributed by atoms with Gasteiger partial charge in [-0.2, -0.15) is 18.3 Å². The van der Waals surface area contributed by atoms with E-state index in [-0.39, 0.29) is 13.0 Å². The summed E-state index contributed by atoms with van der Waals surface area (Å²) in [5.41, 5.74) is 2.56. The number of aryl methyl sites for hydroxylation is 1. The molecule has 0 N–H and O–H groups in total. The van der Waals surface area contributed by atoms with E-state index >= 15 is 0 Å². The van der Waals surface area contributed by atoms with Gasteiger partial charge in [-0.1, -0.05) is 36.1 Å². The molecule has 0 saturated carbocycles. The van der Waals surface area contributed by atoms with E-state index in [1.165, 1.54) is 22.6 Å². The lowest BCUT2D eigenvalue weighted by Crippen LogP contribution is -2.20. The van der Waals surface area contributed by atoms with E-state index in [1.807, 2.05) is 31.2 Å². The lowest BCUT2D eigenvalue weighted by Gasteiger charge is -2.16. The van der Waals surface area contributed by atoms with Crippen molar-refractivity contribution < 1.29 is 37.0 Å². The number of hydrazone groups is 1. The fraction of sp³-hybridized carbons (Fsp3) is 0.314. The van der Waals surface area contributed by atoms with E-state index in [4.69, 9.17) is 14.2 Å². The molecule has 0 bridgehead atoms. The van der Waals surface area contributed by atoms with E-state index in [2.05, 4.69) is 16.7 Å². The number of aromatic nitrogens is 1. The summed E-state index contributed by atoms with van der Waals surface area (Å²) >= 11 is 1.35. The quantitative estimate of drug-likeness (QED) is 0.0278. The standard InChI is InChI=1S/C35H36F3N3O5S/c1-3-32(42)45-22-9-5-4-8-21-44-28-17-14-26(15-18-28)33(43)46-29-16-13-25(2)27(23-29)24-39-41(20-10-19-35(36,37)38)34-40-30-11-6-7-12-31(30)47-34/h3,6-7,11-18,23-24H,1,4-5,8-10,19-22H2,2H3/b39-24+. The highest BCUT2D eigenvalue weighted by Gasteiger charge is 2.27. The molecular formula is C35H36F3N3O5S. The van der Waals surface area contributed by atoms with Gasteiger partial charge < -0.3 is 14.2 Å². The Labute approximate surface area is 275 Å². The molecule has 0 amide bonds. The van der Waals surface area contributed by atoms with Crippen molar-refractivity contribution in [3.63, 3.8) is 0 Å². The molecule has 47 heavy (non-hydrogen) atoms. The molecule has 4 aromatic rings. The summed E-state index contributed by atoms with van der Waals surface area (Å²) < 4.78 is 55.8. The number of ether oxygens (including phenoxy) is 3. The lowest BCUT2D eigenvalue weighted by molar-refractivity contribution is -0.138. The lowest BCUT2D eigenvalue weighted by atomic mass is 10.1. The molecule has 0 atom stereocenters. The third-order valence-corrected chi connectivity index (χ3v) is 7.99. The SMILES string of the molecule is C=CC(=O)OCCCCCCOc1ccc(C(=O)Oc2ccc(C)c(/C=N/N(CCCC(F)(F)F)c3nc4ccccc4s3)c2)cc1. The van der Waals surface area contributed by atoms with E-state index < -0.39 is 24.5 Å². The molecular weight excluding hydrogens is 631 g/mol. The molecule has 8 nitrogen and oxygen atoms in total. The number of rotatable bonds is 17. The highest BCUT2D eigenvalue weighted by molar-refractivity contribution is 7.22. The van der Waals surface area contributed by atoms with Crippen molar-refractivity contribution in [2.75, 3.05) is 24.8 Å². The van der Waals surface area contributed by atoms with Gasteiger partial charge in [-0.15, -0.1) is 0 Å². The molecule has 0 aliphatic carbocycles. The Morgan fingerprint density at radius 1 is 0.957 bits per heavy atom. The Bertz CT molecular complexity index is 1640. The van der Waals surface area contributed by atoms with Gasteiger partial charge in [-0.05, 0) is 93.1 Å². The van der Waals surface area contributed by atoms with Gasteiger partial charge in [0.15, 0.2) is 0 Å². The largest absolute Gasteiger partial charge is 0.494 e. The van der Waals surface area contributed by atoms with Crippen LogP contribution in [-0.4, -0.2) is 49.1 Å². The maximum atomic E-state index is 12.9. The van der Waals surface area contributed by atoms with Gasteiger partial charge in [0.1, 0.15) is 11.5 Å². The summed E-state index contributed by atoms with van der Waals surface area (Å²) in [4.78, 5) is 28.4. The Morgan fingerprint density at radius 2 is 1.68 bits per heavy atom. The van der Waals surface area contributed by atoms with Gasteiger partial charge >= 0.3 is 18.1 Å². The topological polar surface area (TPSA) is 90.3 Å². The first-order valence-electron chi connectivity index (χ1n) is 15.2. The first kappa shape index (κ1) is 35.1. The number of carbonyl (C=O) groups excluding carboxylic acids is 2. The maximum absolute atomic E-state index is 12.9. The fourth-order valence-corrected chi connectivity index (χ4v) is 5.34. The Balaban J connectivity index is 1.32. The second kappa shape index (κ2) is 17.3. The van der Waals surface area contributed by atoms with Gasteiger partial charge in [0, 0.05) is 24.6 Å². The van der Waals surface area contributed by atoms with Crippen LogP contribution in [0.3, 0.4) is 0 Å². The normalized spacial score (nSPS) is 11.5. The van der Waals surface area contributed by atoms with Crippen molar-refractivity contribution >= 4 is 44.8 Å². The highest BCUT2D eigenvalue weighted by atomic mass is 32.1. The number of thiazole rings is 1. The number of carbonyl (C=O) groups is 2. The number of alkyl halides is 3. The molecule has 0 saturated heterocycles. The number of benzene rings is 3. The van der Waals surface area contributed by atoms with E-state index in [1.54, 1.807) is 42.5 Å². The molecule has 0 radical (unpaired) electrons. The summed E-state index contributed by atoms with van der Waals surface area (Å²) in [6, 6.07) is 19.2. The third kappa shape index (κ3) is 11.5. The summed E-state index contributed by atoms with van der Waals surface area (Å²) in [6.45, 7) is 6.13. The van der Waals surface area contributed by atoms with Crippen molar-refractivity contribution in [1.29, 1.82) is 0 Å². The van der Waals surface area contributed by atoms with E-state index in [0.717, 1.165) is 47.5 Å². The Hall–Kier alpha value is -4.71. The van der Waals surface area contributed by atoms with Gasteiger partial charge in [-0.3, -0.25) is 0 Å². The van der Waals surface area contributed by atoms with Gasteiger partial charge in [0.05, 0.1) is 35.2 Å². The number of unbranched alkanes of at least 4 members (excludes halogenated alkanes) is 3. The third-order valence-electron chi connectivity index (χ3n) is 6.94. The van der Waals surface area contributed by atoms with Gasteiger partial charge in [-0.25, -0.2) is 19.6 Å². The van der Waals surface area contributed by atoms with Crippen LogP contribution in [0.15, 0.2) is 84.5 Å². The van der Waals surface area contributed by atoms with Crippen molar-refractivity contribution in [2.24, 2.45) is 5.10 Å². The number of halogens is 3. The van der Waals surface area contributed by atoms with Crippen LogP contribution < -0.4 is 14.5 Å². The molecule has 0 aliphatic heterocycles. The molecule has 4 rings (SSSR count). The number of para-hydroxylation sites is 1. The fourth-order valence-electron chi connectivity index (χ4n) is 4.39. The van der Waals surface area contributed by atoms with Crippen LogP contribution in [0, 0.1) is 6.92 Å². The van der Waals surface area contributed by atoms with Crippen LogP contribution in [0.2, 0.25) is 0 Å². The van der Waals surface area contributed by atoms with Crippen molar-refractivity contribution in [1.82, 2.24) is 4.98 Å². The minimum atomic E-state index is -4.27. The minimum absolute atomic E-state index is 0.0261. The summed E-state index contributed by atoms with van der Waals surface area (Å²) in [5, 5.41) is 6.46. The number of esters is 2. The molecule has 0 fully saturated rings. The monoisotopic (exact) mass is 667 g/mol. The van der Waals surface area contributed by atoms with Crippen LogP contribution in [0.1, 0.15) is 60.0 Å². The number of hydrogen-bond acceptors (Lipinski definition) is 9. The first-order valence-corrected chi connectivity index (χ1v) is 16.0. The Kier molecular flexibility index (Phi) is 12.9. The minimum Gasteiger partial charge on any atom is -0.494 e. The first-order chi connectivity index (χ1) is 22.6. The summed E-state index contributed by atoms with van der Waals surface area (Å²) in [6.07, 6.45) is 0.795. The van der Waals surface area contributed by atoms with E-state index in [0.29, 0.717) is 41.0 Å². The van der Waals surface area contributed by atoms with Crippen LogP contribution in [0.5, 0.6) is 11.5 Å². The van der Waals surface area contributed by atoms with Crippen LogP contribution >= 0.6 is 11.3 Å². The molecule has 0 spiro atoms. The number of nitrogens with zero attached hydrogens (tertiary/aromatic N) is 3. The maximum Gasteiger partial charge on any atom is 0.389 e. The van der Waals surface area contributed by atoms with Gasteiger partial charge in [0.2, 0.25) is 5.13 Å². The van der Waals surface area contributed by atoms with Crippen molar-refractivity contribution in [2.45, 2.75) is 51.6 Å². The van der Waals surface area contributed by atoms with Crippen molar-refractivity contribution in [3.8, 4) is 11.5 Å². The van der Waals surface area contributed by atoms with Gasteiger partial charge in [0.25, 0.3) is 0 Å². The summed E-state index contributed by atoms with van der Waals surface area (Å²) in [7, 11) is 0. The zero-order valence-electron chi connectivity index (χ0n) is 26.0. The average molecular weight is 668 g/mol. The predicted octanol–water partition coefficient (Wildman–Crippen LogP) is 8.68. The molecule has 1 aromatic heterocycles. The molecule has 248 valence electrons. The molecule has 3 aromatic carbocycles. The van der Waals surface area contributed by atoms with E-state index in [9.17, 15) is 22.8 Å². The molecule has 12 heteroatoms. The highest BCUT2D eigenvalue weighted by Crippen LogP contribution is 2.30. The number of hydrogen-bond donors (Lipinski definition) is 0. The second-order valence-corrected chi connectivity index (χ2v) is 11.6. The zero-order valence-corrected chi connectivity index (χ0v) is 26.8. The smallest absolute Gasteiger partial charge is 0.389 e. The predicted molar refractivity (Wildman–Crippen MR) is 178 cm³/mol. The van der Waals surface area contributed by atoms with Crippen LogP contribution in [0.4, 0.5) is 18.3 Å². The summed E-state index contributed by atoms with van der Waals surface area (Å²) in [5.74, 6) is -0.0431. The average Bonchev–Trinajstić information content (AvgIpc) is 3.49. The zero-order chi connectivity index (χ0) is 33.6. The number of fused-ring (bicyclic) bond motifs is 1. The Morgan fingerprint density at radius 3 is 2.40 bits per heavy atom. The van der Waals surface area contributed by atoms with Crippen LogP contribution in [-0.2, 0) is 9.53 Å². The molecule has 0 aliphatic rings. The molecule has 0 unspecified atom stereocenters.